The molecule has 0 saturated heterocycles. The van der Waals surface area contributed by atoms with Gasteiger partial charge < -0.3 is 5.11 Å². The molecule has 2 aliphatic rings. The van der Waals surface area contributed by atoms with Gasteiger partial charge in [0, 0.05) is 5.54 Å². The van der Waals surface area contributed by atoms with Gasteiger partial charge in [0.05, 0.1) is 6.10 Å². The molecular weight excluding hydrogens is 246 g/mol. The van der Waals surface area contributed by atoms with Crippen LogP contribution >= 0.6 is 0 Å². The normalized spacial score (nSPS) is 31.6. The predicted octanol–water partition coefficient (Wildman–Crippen LogP) is 4.22. The first-order chi connectivity index (χ1) is 9.67. The maximum Gasteiger partial charge on any atom is 0.0751 e. The number of hydrogen-bond acceptors (Lipinski definition) is 2. The van der Waals surface area contributed by atoms with E-state index in [4.69, 9.17) is 0 Å². The molecule has 0 aromatic rings. The molecule has 0 aromatic heterocycles. The summed E-state index contributed by atoms with van der Waals surface area (Å²) >= 11 is 0. The minimum Gasteiger partial charge on any atom is -0.391 e. The largest absolute Gasteiger partial charge is 0.391 e. The number of rotatable bonds is 6. The molecule has 118 valence electrons. The SMILES string of the molecule is CCC1CCC(C(O)C2(N(CC)CC)CCCC2)CC1. The lowest BCUT2D eigenvalue weighted by Crippen LogP contribution is -2.57. The fraction of sp³-hybridized carbons (Fsp3) is 1.00. The number of hydrogen-bond donors (Lipinski definition) is 1. The van der Waals surface area contributed by atoms with Crippen LogP contribution in [0.2, 0.25) is 0 Å². The molecule has 1 N–H and O–H groups in total. The summed E-state index contributed by atoms with van der Waals surface area (Å²) in [5, 5.41) is 11.2. The van der Waals surface area contributed by atoms with Gasteiger partial charge in [-0.05, 0) is 50.6 Å². The molecule has 0 spiro atoms. The van der Waals surface area contributed by atoms with Crippen LogP contribution in [0.25, 0.3) is 0 Å². The third-order valence-corrected chi connectivity index (χ3v) is 6.33. The smallest absolute Gasteiger partial charge is 0.0751 e. The first-order valence-electron chi connectivity index (χ1n) is 9.11. The van der Waals surface area contributed by atoms with E-state index in [1.807, 2.05) is 0 Å². The Morgan fingerprint density at radius 2 is 1.55 bits per heavy atom. The molecule has 2 fully saturated rings. The molecule has 0 amide bonds. The van der Waals surface area contributed by atoms with Crippen LogP contribution in [0.5, 0.6) is 0 Å². The first-order valence-corrected chi connectivity index (χ1v) is 9.11. The highest BCUT2D eigenvalue weighted by molar-refractivity contribution is 5.02. The maximum atomic E-state index is 11.2. The summed E-state index contributed by atoms with van der Waals surface area (Å²) < 4.78 is 0. The van der Waals surface area contributed by atoms with Crippen LogP contribution in [0.3, 0.4) is 0 Å². The second-order valence-corrected chi connectivity index (χ2v) is 7.12. The molecule has 0 aliphatic heterocycles. The van der Waals surface area contributed by atoms with Crippen molar-refractivity contribution >= 4 is 0 Å². The minimum atomic E-state index is -0.0947. The van der Waals surface area contributed by atoms with E-state index in [-0.39, 0.29) is 11.6 Å². The van der Waals surface area contributed by atoms with Gasteiger partial charge in [-0.2, -0.15) is 0 Å². The second-order valence-electron chi connectivity index (χ2n) is 7.12. The Balaban J connectivity index is 2.06. The van der Waals surface area contributed by atoms with Gasteiger partial charge in [0.25, 0.3) is 0 Å². The summed E-state index contributed by atoms with van der Waals surface area (Å²) in [6.07, 6.45) is 11.4. The van der Waals surface area contributed by atoms with Crippen molar-refractivity contribution in [2.75, 3.05) is 13.1 Å². The molecule has 2 nitrogen and oxygen atoms in total. The van der Waals surface area contributed by atoms with E-state index >= 15 is 0 Å². The Kier molecular flexibility index (Phi) is 5.92. The summed E-state index contributed by atoms with van der Waals surface area (Å²) in [6.45, 7) is 8.99. The lowest BCUT2D eigenvalue weighted by atomic mass is 9.72. The fourth-order valence-corrected chi connectivity index (χ4v) is 4.99. The maximum absolute atomic E-state index is 11.2. The van der Waals surface area contributed by atoms with Crippen LogP contribution in [-0.2, 0) is 0 Å². The van der Waals surface area contributed by atoms with E-state index in [0.717, 1.165) is 19.0 Å². The van der Waals surface area contributed by atoms with Gasteiger partial charge in [-0.1, -0.05) is 52.9 Å². The van der Waals surface area contributed by atoms with Crippen LogP contribution in [0, 0.1) is 11.8 Å². The molecule has 0 radical (unpaired) electrons. The average Bonchev–Trinajstić information content (AvgIpc) is 2.98. The monoisotopic (exact) mass is 281 g/mol. The Bertz CT molecular complexity index is 273. The zero-order valence-corrected chi connectivity index (χ0v) is 13.9. The molecule has 2 heteroatoms. The molecule has 1 atom stereocenters. The van der Waals surface area contributed by atoms with Crippen LogP contribution < -0.4 is 0 Å². The molecule has 1 unspecified atom stereocenters. The van der Waals surface area contributed by atoms with Gasteiger partial charge in [-0.3, -0.25) is 4.90 Å². The minimum absolute atomic E-state index is 0.0947. The first kappa shape index (κ1) is 16.3. The Hall–Kier alpha value is -0.0800. The van der Waals surface area contributed by atoms with E-state index in [0.29, 0.717) is 5.92 Å². The highest BCUT2D eigenvalue weighted by Crippen LogP contribution is 2.44. The van der Waals surface area contributed by atoms with E-state index in [1.54, 1.807) is 0 Å². The lowest BCUT2D eigenvalue weighted by molar-refractivity contribution is -0.0664. The molecule has 0 bridgehead atoms. The highest BCUT2D eigenvalue weighted by Gasteiger charge is 2.47. The topological polar surface area (TPSA) is 23.5 Å². The Morgan fingerprint density at radius 3 is 2.00 bits per heavy atom. The predicted molar refractivity (Wildman–Crippen MR) is 85.9 cm³/mol. The van der Waals surface area contributed by atoms with Gasteiger partial charge >= 0.3 is 0 Å². The molecule has 20 heavy (non-hydrogen) atoms. The van der Waals surface area contributed by atoms with Gasteiger partial charge in [0.1, 0.15) is 0 Å². The van der Waals surface area contributed by atoms with Gasteiger partial charge in [-0.15, -0.1) is 0 Å². The number of likely N-dealkylation sites (N-methyl/N-ethyl adjacent to an activating group) is 1. The van der Waals surface area contributed by atoms with Crippen molar-refractivity contribution < 1.29 is 5.11 Å². The van der Waals surface area contributed by atoms with Crippen molar-refractivity contribution in [3.05, 3.63) is 0 Å². The zero-order valence-electron chi connectivity index (χ0n) is 13.9. The van der Waals surface area contributed by atoms with E-state index in [9.17, 15) is 5.11 Å². The molecule has 2 rings (SSSR count). The summed E-state index contributed by atoms with van der Waals surface area (Å²) in [7, 11) is 0. The van der Waals surface area contributed by atoms with E-state index in [1.165, 1.54) is 57.8 Å². The van der Waals surface area contributed by atoms with Crippen LogP contribution in [-0.4, -0.2) is 34.7 Å². The number of aliphatic hydroxyl groups is 1. The van der Waals surface area contributed by atoms with E-state index < -0.39 is 0 Å². The van der Waals surface area contributed by atoms with Crippen LogP contribution in [0.4, 0.5) is 0 Å². The molecular formula is C18H35NO. The Labute approximate surface area is 125 Å². The molecule has 0 aromatic carbocycles. The summed E-state index contributed by atoms with van der Waals surface area (Å²) in [5.41, 5.74) is 0.104. The second kappa shape index (κ2) is 7.26. The lowest BCUT2D eigenvalue weighted by Gasteiger charge is -2.48. The van der Waals surface area contributed by atoms with Crippen molar-refractivity contribution in [1.82, 2.24) is 4.90 Å². The quantitative estimate of drug-likeness (QED) is 0.788. The highest BCUT2D eigenvalue weighted by atomic mass is 16.3. The van der Waals surface area contributed by atoms with Gasteiger partial charge in [0.2, 0.25) is 0 Å². The summed E-state index contributed by atoms with van der Waals surface area (Å²) in [5.74, 6) is 1.47. The standard InChI is InChI=1S/C18H35NO/c1-4-15-9-11-16(12-10-15)17(20)18(13-7-8-14-18)19(5-2)6-3/h15-17,20H,4-14H2,1-3H3. The van der Waals surface area contributed by atoms with E-state index in [2.05, 4.69) is 25.7 Å². The fourth-order valence-electron chi connectivity index (χ4n) is 4.99. The third kappa shape index (κ3) is 3.06. The molecule has 2 saturated carbocycles. The van der Waals surface area contributed by atoms with Crippen molar-refractivity contribution in [2.45, 2.75) is 90.2 Å². The number of nitrogens with zero attached hydrogens (tertiary/aromatic N) is 1. The Morgan fingerprint density at radius 1 is 1.00 bits per heavy atom. The van der Waals surface area contributed by atoms with Crippen molar-refractivity contribution in [3.8, 4) is 0 Å². The van der Waals surface area contributed by atoms with Crippen LogP contribution in [0.1, 0.15) is 78.6 Å². The van der Waals surface area contributed by atoms with Crippen LogP contribution in [0.15, 0.2) is 0 Å². The summed E-state index contributed by atoms with van der Waals surface area (Å²) in [4.78, 5) is 2.57. The number of aliphatic hydroxyl groups excluding tert-OH is 1. The van der Waals surface area contributed by atoms with Gasteiger partial charge in [-0.25, -0.2) is 0 Å². The molecule has 0 heterocycles. The summed E-state index contributed by atoms with van der Waals surface area (Å²) in [6, 6.07) is 0. The third-order valence-electron chi connectivity index (χ3n) is 6.33. The average molecular weight is 281 g/mol. The van der Waals surface area contributed by atoms with Crippen molar-refractivity contribution in [1.29, 1.82) is 0 Å². The zero-order chi connectivity index (χ0) is 14.6. The van der Waals surface area contributed by atoms with Crippen molar-refractivity contribution in [2.24, 2.45) is 11.8 Å². The molecule has 2 aliphatic carbocycles. The van der Waals surface area contributed by atoms with Crippen molar-refractivity contribution in [3.63, 3.8) is 0 Å². The van der Waals surface area contributed by atoms with Gasteiger partial charge in [0.15, 0.2) is 0 Å².